The monoisotopic (exact) mass is 610 g/mol. The second-order valence-electron chi connectivity index (χ2n) is 9.69. The smallest absolute Gasteiger partial charge is 0.342 e. The standard InChI is InChI=1S/C31H36N3O6S2/c1-5-33(6-2)25-13-9-22(10-14-25)31(23-11-15-26(16-12-23)34(7-3)8-4)30-21-28(41(35,36)37)20-24-19-27(17-18-29(24)30)42(38,39)40-32/h9-21H,5-8H2,1-4,32H3/q+1. The minimum Gasteiger partial charge on any atom is -0.744 e. The van der Waals surface area contributed by atoms with Gasteiger partial charge in [-0.15, -0.1) is 0 Å². The highest BCUT2D eigenvalue weighted by Crippen LogP contribution is 2.37. The van der Waals surface area contributed by atoms with E-state index in [0.29, 0.717) is 16.5 Å². The van der Waals surface area contributed by atoms with Crippen LogP contribution in [0.4, 0.5) is 5.69 Å². The highest BCUT2D eigenvalue weighted by atomic mass is 32.2. The molecule has 42 heavy (non-hydrogen) atoms. The first-order chi connectivity index (χ1) is 20.0. The Morgan fingerprint density at radius 2 is 1.43 bits per heavy atom. The van der Waals surface area contributed by atoms with Crippen molar-refractivity contribution in [2.45, 2.75) is 37.5 Å². The van der Waals surface area contributed by atoms with Crippen molar-refractivity contribution >= 4 is 48.0 Å². The van der Waals surface area contributed by atoms with Crippen LogP contribution in [-0.2, 0) is 24.5 Å². The van der Waals surface area contributed by atoms with Gasteiger partial charge < -0.3 is 9.45 Å². The second-order valence-corrected chi connectivity index (χ2v) is 12.7. The third-order valence-electron chi connectivity index (χ3n) is 7.47. The van der Waals surface area contributed by atoms with E-state index in [1.54, 1.807) is 6.07 Å². The predicted octanol–water partition coefficient (Wildman–Crippen LogP) is 3.87. The van der Waals surface area contributed by atoms with Gasteiger partial charge in [-0.05, 0) is 109 Å². The third kappa shape index (κ3) is 6.40. The van der Waals surface area contributed by atoms with Crippen molar-refractivity contribution in [3.8, 4) is 0 Å². The molecule has 0 fully saturated rings. The number of hydrogen-bond acceptors (Lipinski definition) is 7. The maximum absolute atomic E-state index is 12.4. The largest absolute Gasteiger partial charge is 0.744 e. The van der Waals surface area contributed by atoms with Crippen LogP contribution in [0.3, 0.4) is 0 Å². The Morgan fingerprint density at radius 3 is 1.95 bits per heavy atom. The molecule has 0 radical (unpaired) electrons. The molecule has 0 aliphatic heterocycles. The summed E-state index contributed by atoms with van der Waals surface area (Å²) in [5.74, 6) is 3.01. The van der Waals surface area contributed by atoms with Gasteiger partial charge in [0.2, 0.25) is 0 Å². The molecule has 1 aliphatic carbocycles. The predicted molar refractivity (Wildman–Crippen MR) is 164 cm³/mol. The summed E-state index contributed by atoms with van der Waals surface area (Å²) in [4.78, 5) is 1.55. The highest BCUT2D eigenvalue weighted by Gasteiger charge is 2.21. The minimum atomic E-state index is -4.89. The molecule has 0 atom stereocenters. The van der Waals surface area contributed by atoms with Crippen LogP contribution in [0.25, 0.3) is 16.3 Å². The molecule has 222 valence electrons. The quantitative estimate of drug-likeness (QED) is 0.209. The molecule has 1 aliphatic rings. The van der Waals surface area contributed by atoms with E-state index in [1.165, 1.54) is 24.3 Å². The molecular weight excluding hydrogens is 574 g/mol. The zero-order valence-electron chi connectivity index (χ0n) is 24.2. The second kappa shape index (κ2) is 12.7. The summed E-state index contributed by atoms with van der Waals surface area (Å²) in [6, 6.07) is 14.8. The summed E-state index contributed by atoms with van der Waals surface area (Å²) in [6.45, 7) is 11.7. The third-order valence-corrected chi connectivity index (χ3v) is 9.42. The van der Waals surface area contributed by atoms with Crippen molar-refractivity contribution in [2.24, 2.45) is 0 Å². The van der Waals surface area contributed by atoms with Gasteiger partial charge in [0.15, 0.2) is 5.71 Å². The van der Waals surface area contributed by atoms with E-state index in [1.807, 2.05) is 48.6 Å². The molecule has 0 amide bonds. The van der Waals surface area contributed by atoms with Crippen LogP contribution in [0.5, 0.6) is 0 Å². The Balaban J connectivity index is 2.07. The Bertz CT molecular complexity index is 1810. The number of allylic oxidation sites excluding steroid dienone is 5. The lowest BCUT2D eigenvalue weighted by atomic mass is 9.88. The number of quaternary nitrogens is 1. The maximum atomic E-state index is 12.4. The van der Waals surface area contributed by atoms with Gasteiger partial charge in [-0.1, -0.05) is 22.5 Å². The normalized spacial score (nSPS) is 13.6. The molecule has 0 heterocycles. The van der Waals surface area contributed by atoms with Gasteiger partial charge in [-0.25, -0.2) is 13.0 Å². The van der Waals surface area contributed by atoms with E-state index in [0.717, 1.165) is 48.7 Å². The number of benzene rings is 3. The fourth-order valence-corrected chi connectivity index (χ4v) is 6.40. The van der Waals surface area contributed by atoms with Crippen LogP contribution >= 0.6 is 0 Å². The van der Waals surface area contributed by atoms with Gasteiger partial charge in [-0.3, -0.25) is 0 Å². The van der Waals surface area contributed by atoms with Crippen LogP contribution in [0.15, 0.2) is 94.3 Å². The number of rotatable bonds is 10. The van der Waals surface area contributed by atoms with Crippen LogP contribution in [-0.4, -0.2) is 57.9 Å². The van der Waals surface area contributed by atoms with Crippen molar-refractivity contribution in [3.05, 3.63) is 95.6 Å². The zero-order valence-corrected chi connectivity index (χ0v) is 25.8. The molecule has 4 rings (SSSR count). The summed E-state index contributed by atoms with van der Waals surface area (Å²) in [5, 5.41) is 0.832. The lowest BCUT2D eigenvalue weighted by Gasteiger charge is -2.22. The first kappa shape index (κ1) is 31.3. The first-order valence-corrected chi connectivity index (χ1v) is 16.6. The molecule has 0 aromatic heterocycles. The lowest BCUT2D eigenvalue weighted by molar-refractivity contribution is -0.635. The molecule has 0 saturated heterocycles. The van der Waals surface area contributed by atoms with Gasteiger partial charge in [0.05, 0.1) is 9.79 Å². The SMILES string of the molecule is CCN(CC)c1ccc(C(=C2C=CC(=[N+](CC)CC)C=C2)c2cc(S(=O)(=O)[O-])cc3cc(S(=O)(=O)O[NH3+])ccc23)cc1. The number of nitrogens with zero attached hydrogens (tertiary/aromatic N) is 2. The fourth-order valence-electron chi connectivity index (χ4n) is 5.23. The zero-order chi connectivity index (χ0) is 30.7. The topological polar surface area (TPSA) is 134 Å². The van der Waals surface area contributed by atoms with Gasteiger partial charge in [0, 0.05) is 30.9 Å². The van der Waals surface area contributed by atoms with E-state index in [2.05, 4.69) is 47.4 Å². The van der Waals surface area contributed by atoms with Crippen molar-refractivity contribution in [3.63, 3.8) is 0 Å². The number of hydrogen-bond donors (Lipinski definition) is 1. The Hall–Kier alpha value is -3.61. The van der Waals surface area contributed by atoms with Crippen LogP contribution < -0.4 is 10.8 Å². The molecule has 0 bridgehead atoms. The van der Waals surface area contributed by atoms with Crippen LogP contribution in [0.2, 0.25) is 0 Å². The van der Waals surface area contributed by atoms with Gasteiger partial charge in [0.1, 0.15) is 23.2 Å². The molecular formula is C31H36N3O6S2+. The van der Waals surface area contributed by atoms with E-state index in [9.17, 15) is 21.4 Å². The average molecular weight is 611 g/mol. The van der Waals surface area contributed by atoms with E-state index < -0.39 is 25.1 Å². The molecule has 0 saturated carbocycles. The van der Waals surface area contributed by atoms with E-state index in [-0.39, 0.29) is 10.3 Å². The van der Waals surface area contributed by atoms with Gasteiger partial charge in [-0.2, -0.15) is 14.3 Å². The summed E-state index contributed by atoms with van der Waals surface area (Å²) in [6.07, 6.45) is 7.97. The molecule has 11 heteroatoms. The molecule has 0 unspecified atom stereocenters. The van der Waals surface area contributed by atoms with Crippen LogP contribution in [0.1, 0.15) is 38.8 Å². The minimum absolute atomic E-state index is 0.204. The summed E-state index contributed by atoms with van der Waals surface area (Å²) < 4.78 is 68.3. The summed E-state index contributed by atoms with van der Waals surface area (Å²) in [7, 11) is -9.05. The van der Waals surface area contributed by atoms with Crippen molar-refractivity contribution in [1.82, 2.24) is 0 Å². The van der Waals surface area contributed by atoms with Crippen LogP contribution in [0, 0.1) is 0 Å². The molecule has 9 nitrogen and oxygen atoms in total. The number of anilines is 1. The fraction of sp³-hybridized carbons (Fsp3) is 0.258. The Labute approximate surface area is 247 Å². The summed E-state index contributed by atoms with van der Waals surface area (Å²) in [5.41, 5.74) is 4.88. The number of fused-ring (bicyclic) bond motifs is 1. The van der Waals surface area contributed by atoms with E-state index >= 15 is 0 Å². The molecule has 3 aromatic carbocycles. The maximum Gasteiger partial charge on any atom is 0.342 e. The Kier molecular flexibility index (Phi) is 9.49. The molecule has 3 N–H and O–H groups in total. The molecule has 3 aromatic rings. The Morgan fingerprint density at radius 1 is 0.833 bits per heavy atom. The van der Waals surface area contributed by atoms with Gasteiger partial charge in [0.25, 0.3) is 0 Å². The van der Waals surface area contributed by atoms with Crippen molar-refractivity contribution in [1.29, 1.82) is 0 Å². The van der Waals surface area contributed by atoms with Crippen molar-refractivity contribution in [2.75, 3.05) is 31.1 Å². The lowest BCUT2D eigenvalue weighted by Crippen LogP contribution is -2.50. The molecule has 0 spiro atoms. The summed E-state index contributed by atoms with van der Waals surface area (Å²) >= 11 is 0. The van der Waals surface area contributed by atoms with Gasteiger partial charge >= 0.3 is 10.1 Å². The van der Waals surface area contributed by atoms with E-state index in [4.69, 9.17) is 0 Å². The highest BCUT2D eigenvalue weighted by molar-refractivity contribution is 7.86. The van der Waals surface area contributed by atoms with Crippen molar-refractivity contribution < 1.29 is 36.1 Å². The first-order valence-electron chi connectivity index (χ1n) is 13.8. The average Bonchev–Trinajstić information content (AvgIpc) is 2.99.